The van der Waals surface area contributed by atoms with E-state index >= 15 is 0 Å². The van der Waals surface area contributed by atoms with Gasteiger partial charge in [0, 0.05) is 36.3 Å². The van der Waals surface area contributed by atoms with Gasteiger partial charge in [-0.1, -0.05) is 23.8 Å². The molecular weight excluding hydrogens is 244 g/mol. The Bertz CT molecular complexity index is 684. The minimum atomic E-state index is 1.08. The molecule has 2 aliphatic rings. The molecule has 2 aliphatic heterocycles. The van der Waals surface area contributed by atoms with Gasteiger partial charge in [-0.2, -0.15) is 0 Å². The lowest BCUT2D eigenvalue weighted by Crippen LogP contribution is -2.02. The third kappa shape index (κ3) is 2.37. The van der Waals surface area contributed by atoms with Gasteiger partial charge in [-0.3, -0.25) is 4.99 Å². The van der Waals surface area contributed by atoms with Crippen LogP contribution in [0.2, 0.25) is 0 Å². The maximum Gasteiger partial charge on any atom is 0.0712 e. The number of hydrogen-bond donors (Lipinski definition) is 0. The Labute approximate surface area is 120 Å². The Kier molecular flexibility index (Phi) is 3.15. The Morgan fingerprint density at radius 3 is 2.55 bits per heavy atom. The second kappa shape index (κ2) is 4.97. The lowest BCUT2D eigenvalue weighted by molar-refractivity contribution is 0.620. The van der Waals surface area contributed by atoms with Crippen molar-refractivity contribution in [2.24, 2.45) is 4.99 Å². The summed E-state index contributed by atoms with van der Waals surface area (Å²) in [6.45, 7) is 4.19. The number of fused-ring (bicyclic) bond motifs is 1. The minimum Gasteiger partial charge on any atom is -0.357 e. The number of aryl methyl sites for hydroxylation is 1. The van der Waals surface area contributed by atoms with Crippen LogP contribution in [0.4, 0.5) is 5.69 Å². The molecule has 1 aromatic rings. The van der Waals surface area contributed by atoms with Crippen LogP contribution in [0.3, 0.4) is 0 Å². The Morgan fingerprint density at radius 1 is 1.05 bits per heavy atom. The quantitative estimate of drug-likeness (QED) is 0.733. The Balaban J connectivity index is 1.96. The maximum absolute atomic E-state index is 4.63. The SMILES string of the molecule is CC1=Nc2ccc(C)cc2/C1=C/C=C1C=CN(C)C=C1. The first-order chi connectivity index (χ1) is 9.63. The first-order valence-electron chi connectivity index (χ1n) is 6.80. The molecule has 2 nitrogen and oxygen atoms in total. The summed E-state index contributed by atoms with van der Waals surface area (Å²) in [5, 5.41) is 0. The van der Waals surface area contributed by atoms with Gasteiger partial charge in [-0.05, 0) is 43.7 Å². The Hall–Kier alpha value is -2.35. The fraction of sp³-hybridized carbons (Fsp3) is 0.167. The topological polar surface area (TPSA) is 15.6 Å². The number of allylic oxidation sites excluding steroid dienone is 6. The van der Waals surface area contributed by atoms with Crippen molar-refractivity contribution in [3.63, 3.8) is 0 Å². The molecule has 0 saturated heterocycles. The van der Waals surface area contributed by atoms with Gasteiger partial charge in [0.1, 0.15) is 0 Å². The molecule has 2 heterocycles. The summed E-state index contributed by atoms with van der Waals surface area (Å²) in [4.78, 5) is 6.66. The molecule has 0 unspecified atom stereocenters. The first-order valence-corrected chi connectivity index (χ1v) is 6.80. The summed E-state index contributed by atoms with van der Waals surface area (Å²) in [5.41, 5.74) is 7.09. The van der Waals surface area contributed by atoms with Crippen molar-refractivity contribution in [3.8, 4) is 0 Å². The molecule has 0 N–H and O–H groups in total. The number of hydrogen-bond acceptors (Lipinski definition) is 2. The van der Waals surface area contributed by atoms with Gasteiger partial charge < -0.3 is 4.90 Å². The van der Waals surface area contributed by atoms with E-state index in [4.69, 9.17) is 0 Å². The van der Waals surface area contributed by atoms with Crippen molar-refractivity contribution in [1.82, 2.24) is 4.90 Å². The van der Waals surface area contributed by atoms with Crippen LogP contribution in [0.5, 0.6) is 0 Å². The zero-order valence-corrected chi connectivity index (χ0v) is 12.1. The van der Waals surface area contributed by atoms with Crippen molar-refractivity contribution < 1.29 is 0 Å². The predicted molar refractivity (Wildman–Crippen MR) is 86.1 cm³/mol. The summed E-state index contributed by atoms with van der Waals surface area (Å²) in [6.07, 6.45) is 12.6. The van der Waals surface area contributed by atoms with Crippen LogP contribution in [0.15, 0.2) is 65.5 Å². The van der Waals surface area contributed by atoms with Gasteiger partial charge in [0.05, 0.1) is 5.69 Å². The zero-order valence-electron chi connectivity index (χ0n) is 12.1. The van der Waals surface area contributed by atoms with Gasteiger partial charge in [0.25, 0.3) is 0 Å². The van der Waals surface area contributed by atoms with E-state index in [-0.39, 0.29) is 0 Å². The van der Waals surface area contributed by atoms with Gasteiger partial charge in [-0.15, -0.1) is 0 Å². The van der Waals surface area contributed by atoms with Gasteiger partial charge in [0.2, 0.25) is 0 Å². The molecule has 0 amide bonds. The van der Waals surface area contributed by atoms with E-state index in [0.29, 0.717) is 0 Å². The number of rotatable bonds is 1. The van der Waals surface area contributed by atoms with Crippen LogP contribution in [-0.2, 0) is 0 Å². The number of benzene rings is 1. The molecule has 0 spiro atoms. The van der Waals surface area contributed by atoms with Crippen LogP contribution < -0.4 is 0 Å². The highest BCUT2D eigenvalue weighted by Crippen LogP contribution is 2.35. The van der Waals surface area contributed by atoms with Crippen molar-refractivity contribution in [2.75, 3.05) is 7.05 Å². The van der Waals surface area contributed by atoms with E-state index in [1.165, 1.54) is 22.3 Å². The van der Waals surface area contributed by atoms with Crippen molar-refractivity contribution in [1.29, 1.82) is 0 Å². The van der Waals surface area contributed by atoms with E-state index in [0.717, 1.165) is 11.4 Å². The molecule has 0 aliphatic carbocycles. The largest absolute Gasteiger partial charge is 0.357 e. The molecule has 3 rings (SSSR count). The highest BCUT2D eigenvalue weighted by atomic mass is 15.0. The molecule has 0 saturated carbocycles. The highest BCUT2D eigenvalue weighted by molar-refractivity contribution is 6.28. The zero-order chi connectivity index (χ0) is 14.1. The van der Waals surface area contributed by atoms with E-state index in [1.807, 2.05) is 11.9 Å². The average molecular weight is 262 g/mol. The van der Waals surface area contributed by atoms with Crippen LogP contribution in [0.25, 0.3) is 5.57 Å². The van der Waals surface area contributed by atoms with Crippen molar-refractivity contribution in [3.05, 3.63) is 71.6 Å². The molecule has 1 aromatic carbocycles. The first kappa shape index (κ1) is 12.7. The summed E-state index contributed by atoms with van der Waals surface area (Å²) in [5.74, 6) is 0. The van der Waals surface area contributed by atoms with Crippen molar-refractivity contribution >= 4 is 17.0 Å². The standard InChI is InChI=1S/C18H18N2/c1-13-4-7-18-17(12-13)16(14(2)19-18)6-5-15-8-10-20(3)11-9-15/h4-12H,1-3H3/b16-6+. The summed E-state index contributed by atoms with van der Waals surface area (Å²) in [6, 6.07) is 6.41. The van der Waals surface area contributed by atoms with E-state index in [9.17, 15) is 0 Å². The van der Waals surface area contributed by atoms with Crippen LogP contribution >= 0.6 is 0 Å². The van der Waals surface area contributed by atoms with Crippen molar-refractivity contribution in [2.45, 2.75) is 13.8 Å². The second-order valence-corrected chi connectivity index (χ2v) is 5.26. The Morgan fingerprint density at radius 2 is 1.80 bits per heavy atom. The third-order valence-corrected chi connectivity index (χ3v) is 3.57. The molecular formula is C18H18N2. The normalized spacial score (nSPS) is 18.6. The monoisotopic (exact) mass is 262 g/mol. The lowest BCUT2D eigenvalue weighted by atomic mass is 10.0. The molecule has 100 valence electrons. The minimum absolute atomic E-state index is 1.08. The lowest BCUT2D eigenvalue weighted by Gasteiger charge is -2.11. The van der Waals surface area contributed by atoms with Gasteiger partial charge >= 0.3 is 0 Å². The fourth-order valence-electron chi connectivity index (χ4n) is 2.41. The van der Waals surface area contributed by atoms with Gasteiger partial charge in [0.15, 0.2) is 0 Å². The number of nitrogens with zero attached hydrogens (tertiary/aromatic N) is 2. The van der Waals surface area contributed by atoms with E-state index in [2.05, 4.69) is 73.7 Å². The van der Waals surface area contributed by atoms with Crippen LogP contribution in [0.1, 0.15) is 18.1 Å². The average Bonchev–Trinajstić information content (AvgIpc) is 2.73. The molecule has 2 heteroatoms. The highest BCUT2D eigenvalue weighted by Gasteiger charge is 2.16. The van der Waals surface area contributed by atoms with Crippen LogP contribution in [-0.4, -0.2) is 17.7 Å². The molecule has 0 aromatic heterocycles. The second-order valence-electron chi connectivity index (χ2n) is 5.26. The third-order valence-electron chi connectivity index (χ3n) is 3.57. The van der Waals surface area contributed by atoms with Crippen LogP contribution in [0, 0.1) is 6.92 Å². The molecule has 20 heavy (non-hydrogen) atoms. The maximum atomic E-state index is 4.63. The van der Waals surface area contributed by atoms with E-state index in [1.54, 1.807) is 0 Å². The smallest absolute Gasteiger partial charge is 0.0712 e. The molecule has 0 radical (unpaired) electrons. The molecule has 0 fully saturated rings. The summed E-state index contributed by atoms with van der Waals surface area (Å²) < 4.78 is 0. The van der Waals surface area contributed by atoms with Gasteiger partial charge in [-0.25, -0.2) is 0 Å². The number of aliphatic imine (C=N–C) groups is 1. The molecule has 0 bridgehead atoms. The summed E-state index contributed by atoms with van der Waals surface area (Å²) in [7, 11) is 2.02. The predicted octanol–water partition coefficient (Wildman–Crippen LogP) is 4.38. The van der Waals surface area contributed by atoms with E-state index < -0.39 is 0 Å². The summed E-state index contributed by atoms with van der Waals surface area (Å²) >= 11 is 0. The molecule has 0 atom stereocenters. The fourth-order valence-corrected chi connectivity index (χ4v) is 2.41.